The highest BCUT2D eigenvalue weighted by Crippen LogP contribution is 2.12. The molecule has 0 spiro atoms. The maximum absolute atomic E-state index is 11.4. The van der Waals surface area contributed by atoms with Gasteiger partial charge in [0.15, 0.2) is 5.65 Å². The Morgan fingerprint density at radius 2 is 2.40 bits per heavy atom. The van der Waals surface area contributed by atoms with Crippen LogP contribution >= 0.6 is 0 Å². The van der Waals surface area contributed by atoms with E-state index in [1.807, 2.05) is 0 Å². The molecule has 7 heteroatoms. The molecule has 7 nitrogen and oxygen atoms in total. The predicted molar refractivity (Wildman–Crippen MR) is 51.2 cm³/mol. The molecule has 2 N–H and O–H groups in total. The van der Waals surface area contributed by atoms with Crippen LogP contribution in [0.1, 0.15) is 17.3 Å². The molecule has 2 rings (SSSR count). The molecule has 0 aliphatic carbocycles. The van der Waals surface area contributed by atoms with E-state index in [1.54, 1.807) is 6.92 Å². The zero-order valence-corrected chi connectivity index (χ0v) is 8.04. The second-order valence-electron chi connectivity index (χ2n) is 2.78. The predicted octanol–water partition coefficient (Wildman–Crippen LogP) is -0.117. The van der Waals surface area contributed by atoms with E-state index in [1.165, 1.54) is 16.9 Å². The van der Waals surface area contributed by atoms with Crippen LogP contribution in [0.3, 0.4) is 0 Å². The van der Waals surface area contributed by atoms with Gasteiger partial charge in [0, 0.05) is 6.20 Å². The Hall–Kier alpha value is -2.18. The Bertz CT molecular complexity index is 507. The van der Waals surface area contributed by atoms with Gasteiger partial charge < -0.3 is 10.5 Å². The van der Waals surface area contributed by atoms with Crippen molar-refractivity contribution in [3.63, 3.8) is 0 Å². The Morgan fingerprint density at radius 1 is 1.60 bits per heavy atom. The number of anilines is 1. The fourth-order valence-electron chi connectivity index (χ4n) is 1.17. The molecule has 2 aromatic heterocycles. The van der Waals surface area contributed by atoms with Crippen molar-refractivity contribution >= 4 is 17.4 Å². The first kappa shape index (κ1) is 9.38. The van der Waals surface area contributed by atoms with E-state index in [-0.39, 0.29) is 18.0 Å². The first-order valence-corrected chi connectivity index (χ1v) is 4.36. The van der Waals surface area contributed by atoms with Crippen LogP contribution in [0.5, 0.6) is 0 Å². The Balaban J connectivity index is 2.52. The molecule has 0 fully saturated rings. The van der Waals surface area contributed by atoms with E-state index in [0.717, 1.165) is 0 Å². The van der Waals surface area contributed by atoms with Gasteiger partial charge in [-0.05, 0) is 6.92 Å². The van der Waals surface area contributed by atoms with Gasteiger partial charge >= 0.3 is 5.97 Å². The quantitative estimate of drug-likeness (QED) is 0.690. The molecule has 0 aliphatic rings. The van der Waals surface area contributed by atoms with E-state index in [9.17, 15) is 4.79 Å². The summed E-state index contributed by atoms with van der Waals surface area (Å²) in [6.07, 6.45) is 2.80. The van der Waals surface area contributed by atoms with E-state index < -0.39 is 5.97 Å². The van der Waals surface area contributed by atoms with Crippen LogP contribution in [0, 0.1) is 0 Å². The van der Waals surface area contributed by atoms with Gasteiger partial charge in [-0.15, -0.1) is 5.10 Å². The second-order valence-corrected chi connectivity index (χ2v) is 2.78. The van der Waals surface area contributed by atoms with Gasteiger partial charge in [0.05, 0.1) is 12.8 Å². The molecule has 0 radical (unpaired) electrons. The number of carbonyl (C=O) groups excluding carboxylic acids is 1. The summed E-state index contributed by atoms with van der Waals surface area (Å²) in [6, 6.07) is 0. The lowest BCUT2D eigenvalue weighted by atomic mass is 10.3. The fraction of sp³-hybridized carbons (Fsp3) is 0.250. The number of fused-ring (bicyclic) bond motifs is 1. The number of nitrogen functional groups attached to an aromatic ring is 1. The minimum absolute atomic E-state index is 0.177. The lowest BCUT2D eigenvalue weighted by molar-refractivity contribution is 0.0526. The van der Waals surface area contributed by atoms with E-state index in [2.05, 4.69) is 15.3 Å². The number of aromatic nitrogens is 4. The molecule has 2 aromatic rings. The third kappa shape index (κ3) is 1.47. The molecule has 0 unspecified atom stereocenters. The minimum atomic E-state index is -0.514. The summed E-state index contributed by atoms with van der Waals surface area (Å²) in [6.45, 7) is 2.00. The third-order valence-corrected chi connectivity index (χ3v) is 1.86. The van der Waals surface area contributed by atoms with Crippen LogP contribution in [-0.2, 0) is 4.74 Å². The SMILES string of the molecule is CCOC(=O)c1cnc2cnnn2c1N. The number of ether oxygens (including phenoxy) is 1. The summed E-state index contributed by atoms with van der Waals surface area (Å²) in [7, 11) is 0. The van der Waals surface area contributed by atoms with Gasteiger partial charge in [-0.25, -0.2) is 9.78 Å². The molecular weight excluding hydrogens is 198 g/mol. The summed E-state index contributed by atoms with van der Waals surface area (Å²) < 4.78 is 6.10. The van der Waals surface area contributed by atoms with Crippen molar-refractivity contribution in [1.82, 2.24) is 19.8 Å². The van der Waals surface area contributed by atoms with Crippen LogP contribution in [0.25, 0.3) is 5.65 Å². The molecule has 0 aromatic carbocycles. The van der Waals surface area contributed by atoms with Gasteiger partial charge in [-0.1, -0.05) is 5.21 Å². The van der Waals surface area contributed by atoms with E-state index in [4.69, 9.17) is 10.5 Å². The molecule has 0 bridgehead atoms. The number of nitrogens with two attached hydrogens (primary N) is 1. The smallest absolute Gasteiger partial charge is 0.343 e. The normalized spacial score (nSPS) is 10.5. The number of carbonyl (C=O) groups is 1. The van der Waals surface area contributed by atoms with Gasteiger partial charge in [0.2, 0.25) is 0 Å². The molecule has 0 saturated carbocycles. The minimum Gasteiger partial charge on any atom is -0.462 e. The maximum Gasteiger partial charge on any atom is 0.343 e. The molecule has 0 saturated heterocycles. The second kappa shape index (κ2) is 3.52. The van der Waals surface area contributed by atoms with Crippen molar-refractivity contribution in [2.45, 2.75) is 6.92 Å². The van der Waals surface area contributed by atoms with Crippen LogP contribution in [0.4, 0.5) is 5.82 Å². The van der Waals surface area contributed by atoms with Crippen molar-refractivity contribution in [3.05, 3.63) is 18.0 Å². The number of esters is 1. The summed E-state index contributed by atoms with van der Waals surface area (Å²) in [5, 5.41) is 7.32. The van der Waals surface area contributed by atoms with Crippen molar-refractivity contribution in [2.24, 2.45) is 0 Å². The van der Waals surface area contributed by atoms with Gasteiger partial charge in [0.25, 0.3) is 0 Å². The lowest BCUT2D eigenvalue weighted by Gasteiger charge is -2.04. The molecule has 15 heavy (non-hydrogen) atoms. The zero-order valence-electron chi connectivity index (χ0n) is 8.04. The Kier molecular flexibility index (Phi) is 2.20. The summed E-state index contributed by atoms with van der Waals surface area (Å²) >= 11 is 0. The molecule has 0 aliphatic heterocycles. The standard InChI is InChI=1S/C8H9N5O2/c1-2-15-8(14)5-3-10-6-4-11-12-13(6)7(5)9/h3-4H,2,9H2,1H3. The van der Waals surface area contributed by atoms with Gasteiger partial charge in [0.1, 0.15) is 11.4 Å². The number of hydrogen-bond acceptors (Lipinski definition) is 6. The van der Waals surface area contributed by atoms with Crippen LogP contribution in [0.15, 0.2) is 12.4 Å². The molecule has 0 amide bonds. The highest BCUT2D eigenvalue weighted by atomic mass is 16.5. The van der Waals surface area contributed by atoms with Crippen LogP contribution < -0.4 is 5.73 Å². The average molecular weight is 207 g/mol. The zero-order chi connectivity index (χ0) is 10.8. The van der Waals surface area contributed by atoms with Crippen molar-refractivity contribution in [3.8, 4) is 0 Å². The first-order chi connectivity index (χ1) is 7.24. The third-order valence-electron chi connectivity index (χ3n) is 1.86. The Morgan fingerprint density at radius 3 is 3.13 bits per heavy atom. The van der Waals surface area contributed by atoms with Crippen LogP contribution in [-0.4, -0.2) is 32.4 Å². The summed E-state index contributed by atoms with van der Waals surface area (Å²) in [5.74, 6) is -0.337. The van der Waals surface area contributed by atoms with Crippen molar-refractivity contribution in [2.75, 3.05) is 12.3 Å². The molecular formula is C8H9N5O2. The molecule has 78 valence electrons. The lowest BCUT2D eigenvalue weighted by Crippen LogP contribution is -2.12. The number of hydrogen-bond donors (Lipinski definition) is 1. The van der Waals surface area contributed by atoms with E-state index >= 15 is 0 Å². The Labute approximate surface area is 84.9 Å². The summed E-state index contributed by atoms with van der Waals surface area (Å²) in [4.78, 5) is 15.4. The topological polar surface area (TPSA) is 95.4 Å². The molecule has 2 heterocycles. The summed E-state index contributed by atoms with van der Waals surface area (Å²) in [5.41, 5.74) is 6.39. The highest BCUT2D eigenvalue weighted by Gasteiger charge is 2.14. The van der Waals surface area contributed by atoms with Gasteiger partial charge in [-0.3, -0.25) is 0 Å². The largest absolute Gasteiger partial charge is 0.462 e. The van der Waals surface area contributed by atoms with Crippen molar-refractivity contribution < 1.29 is 9.53 Å². The maximum atomic E-state index is 11.4. The highest BCUT2D eigenvalue weighted by molar-refractivity contribution is 5.94. The number of rotatable bonds is 2. The van der Waals surface area contributed by atoms with Gasteiger partial charge in [-0.2, -0.15) is 4.52 Å². The fourth-order valence-corrected chi connectivity index (χ4v) is 1.17. The monoisotopic (exact) mass is 207 g/mol. The van der Waals surface area contributed by atoms with Crippen LogP contribution in [0.2, 0.25) is 0 Å². The van der Waals surface area contributed by atoms with Crippen molar-refractivity contribution in [1.29, 1.82) is 0 Å². The average Bonchev–Trinajstić information content (AvgIpc) is 2.67. The number of nitrogens with zero attached hydrogens (tertiary/aromatic N) is 4. The van der Waals surface area contributed by atoms with E-state index in [0.29, 0.717) is 5.65 Å². The molecule has 0 atom stereocenters. The first-order valence-electron chi connectivity index (χ1n) is 4.36.